The second-order valence-electron chi connectivity index (χ2n) is 5.95. The highest BCUT2D eigenvalue weighted by atomic mass is 32.2. The van der Waals surface area contributed by atoms with E-state index < -0.39 is 15.4 Å². The number of nitrogens with one attached hydrogen (secondary N) is 1. The fraction of sp³-hybridized carbons (Fsp3) is 0.571. The molecule has 1 aromatic rings. The van der Waals surface area contributed by atoms with Crippen LogP contribution in [0, 0.1) is 0 Å². The maximum atomic E-state index is 11.6. The van der Waals surface area contributed by atoms with Crippen LogP contribution in [0.15, 0.2) is 18.2 Å². The normalized spacial score (nSPS) is 24.8. The summed E-state index contributed by atoms with van der Waals surface area (Å²) in [7, 11) is -2.93. The van der Waals surface area contributed by atoms with Gasteiger partial charge in [0.25, 0.3) is 0 Å². The van der Waals surface area contributed by atoms with Crippen LogP contribution >= 0.6 is 0 Å². The van der Waals surface area contributed by atoms with E-state index in [1.54, 1.807) is 6.07 Å². The average Bonchev–Trinajstić information content (AvgIpc) is 2.57. The van der Waals surface area contributed by atoms with E-state index in [0.717, 1.165) is 5.69 Å². The lowest BCUT2D eigenvalue weighted by molar-refractivity contribution is 0.244. The molecular formula is C14H22N2O3S. The van der Waals surface area contributed by atoms with Crippen molar-refractivity contribution in [2.24, 2.45) is 0 Å². The zero-order valence-corrected chi connectivity index (χ0v) is 13.0. The first-order valence-electron chi connectivity index (χ1n) is 6.74. The van der Waals surface area contributed by atoms with Gasteiger partial charge in [-0.05, 0) is 39.3 Å². The van der Waals surface area contributed by atoms with Crippen LogP contribution in [-0.4, -0.2) is 31.6 Å². The number of hydrogen-bond acceptors (Lipinski definition) is 5. The first-order valence-corrected chi connectivity index (χ1v) is 8.56. The Balaban J connectivity index is 2.18. The molecule has 20 heavy (non-hydrogen) atoms. The Morgan fingerprint density at radius 1 is 1.40 bits per heavy atom. The van der Waals surface area contributed by atoms with Crippen LogP contribution < -0.4 is 15.8 Å². The van der Waals surface area contributed by atoms with Gasteiger partial charge in [-0.15, -0.1) is 0 Å². The topological polar surface area (TPSA) is 81.4 Å². The quantitative estimate of drug-likeness (QED) is 0.831. The van der Waals surface area contributed by atoms with E-state index in [4.69, 9.17) is 10.5 Å². The highest BCUT2D eigenvalue weighted by Gasteiger charge is 2.38. The Bertz CT molecular complexity index is 598. The Labute approximate surface area is 120 Å². The number of anilines is 2. The molecule has 1 unspecified atom stereocenters. The molecule has 1 heterocycles. The third-order valence-corrected chi connectivity index (χ3v) is 5.23. The zero-order chi connectivity index (χ0) is 15.0. The van der Waals surface area contributed by atoms with E-state index in [9.17, 15) is 8.42 Å². The third-order valence-electron chi connectivity index (χ3n) is 3.33. The lowest BCUT2D eigenvalue weighted by Crippen LogP contribution is -2.35. The largest absolute Gasteiger partial charge is 0.489 e. The molecule has 1 atom stereocenters. The van der Waals surface area contributed by atoms with Gasteiger partial charge in [0.15, 0.2) is 9.84 Å². The minimum Gasteiger partial charge on any atom is -0.489 e. The zero-order valence-electron chi connectivity index (χ0n) is 12.1. The van der Waals surface area contributed by atoms with Crippen LogP contribution in [0.3, 0.4) is 0 Å². The first-order chi connectivity index (χ1) is 9.19. The number of hydrogen-bond donors (Lipinski definition) is 2. The Hall–Kier alpha value is -1.43. The van der Waals surface area contributed by atoms with Gasteiger partial charge in [-0.2, -0.15) is 0 Å². The van der Waals surface area contributed by atoms with Gasteiger partial charge in [0.1, 0.15) is 5.75 Å². The minimum atomic E-state index is -2.93. The molecule has 0 aliphatic carbocycles. The Morgan fingerprint density at radius 2 is 2.10 bits per heavy atom. The van der Waals surface area contributed by atoms with Gasteiger partial charge in [0, 0.05) is 17.3 Å². The predicted octanol–water partition coefficient (Wildman–Crippen LogP) is 2.05. The molecule has 0 radical (unpaired) electrons. The summed E-state index contributed by atoms with van der Waals surface area (Å²) in [6.45, 7) is 5.80. The molecular weight excluding hydrogens is 276 g/mol. The van der Waals surface area contributed by atoms with Crippen LogP contribution in [0.4, 0.5) is 11.4 Å². The number of nitrogen functional groups attached to an aromatic ring is 1. The van der Waals surface area contributed by atoms with Crippen molar-refractivity contribution in [2.45, 2.75) is 38.8 Å². The lowest BCUT2D eigenvalue weighted by atomic mass is 10.0. The first kappa shape index (κ1) is 15.0. The standard InChI is InChI=1S/C14H22N2O3S/c1-10(2)19-13-8-11(4-5-12(13)15)16-14(3)6-7-20(17,18)9-14/h4-5,8,10,16H,6-7,9,15H2,1-3H3. The molecule has 5 nitrogen and oxygen atoms in total. The molecule has 0 amide bonds. The van der Waals surface area contributed by atoms with Crippen LogP contribution in [0.1, 0.15) is 27.2 Å². The monoisotopic (exact) mass is 298 g/mol. The summed E-state index contributed by atoms with van der Waals surface area (Å²) in [5.74, 6) is 1.01. The van der Waals surface area contributed by atoms with E-state index in [1.807, 2.05) is 32.9 Å². The number of benzene rings is 1. The number of ether oxygens (including phenoxy) is 1. The summed E-state index contributed by atoms with van der Waals surface area (Å²) in [6, 6.07) is 5.44. The fourth-order valence-electron chi connectivity index (χ4n) is 2.43. The van der Waals surface area contributed by atoms with Crippen molar-refractivity contribution in [1.29, 1.82) is 0 Å². The maximum Gasteiger partial charge on any atom is 0.152 e. The second-order valence-corrected chi connectivity index (χ2v) is 8.13. The van der Waals surface area contributed by atoms with E-state index in [1.165, 1.54) is 0 Å². The van der Waals surface area contributed by atoms with Gasteiger partial charge in [0.05, 0.1) is 23.3 Å². The van der Waals surface area contributed by atoms with E-state index in [0.29, 0.717) is 17.9 Å². The highest BCUT2D eigenvalue weighted by molar-refractivity contribution is 7.91. The van der Waals surface area contributed by atoms with Crippen molar-refractivity contribution < 1.29 is 13.2 Å². The van der Waals surface area contributed by atoms with Gasteiger partial charge in [-0.3, -0.25) is 0 Å². The Morgan fingerprint density at radius 3 is 2.65 bits per heavy atom. The Kier molecular flexibility index (Phi) is 3.86. The van der Waals surface area contributed by atoms with Gasteiger partial charge >= 0.3 is 0 Å². The molecule has 0 bridgehead atoms. The van der Waals surface area contributed by atoms with Crippen molar-refractivity contribution in [3.8, 4) is 5.75 Å². The molecule has 0 aromatic heterocycles. The molecule has 2 rings (SSSR count). The lowest BCUT2D eigenvalue weighted by Gasteiger charge is -2.26. The smallest absolute Gasteiger partial charge is 0.152 e. The van der Waals surface area contributed by atoms with E-state index in [-0.39, 0.29) is 17.6 Å². The molecule has 1 fully saturated rings. The van der Waals surface area contributed by atoms with E-state index in [2.05, 4.69) is 5.32 Å². The molecule has 3 N–H and O–H groups in total. The SMILES string of the molecule is CC(C)Oc1cc(NC2(C)CCS(=O)(=O)C2)ccc1N. The maximum absolute atomic E-state index is 11.6. The van der Waals surface area contributed by atoms with Crippen LogP contribution in [0.5, 0.6) is 5.75 Å². The average molecular weight is 298 g/mol. The summed E-state index contributed by atoms with van der Waals surface area (Å²) in [4.78, 5) is 0. The molecule has 6 heteroatoms. The number of rotatable bonds is 4. The molecule has 1 aliphatic rings. The second kappa shape index (κ2) is 5.16. The highest BCUT2D eigenvalue weighted by Crippen LogP contribution is 2.31. The van der Waals surface area contributed by atoms with Crippen LogP contribution in [-0.2, 0) is 9.84 Å². The summed E-state index contributed by atoms with van der Waals surface area (Å²) in [6.07, 6.45) is 0.648. The van der Waals surface area contributed by atoms with Gasteiger partial charge in [-0.25, -0.2) is 8.42 Å². The molecule has 0 saturated carbocycles. The number of nitrogens with two attached hydrogens (primary N) is 1. The van der Waals surface area contributed by atoms with Gasteiger partial charge in [-0.1, -0.05) is 0 Å². The summed E-state index contributed by atoms with van der Waals surface area (Å²) >= 11 is 0. The molecule has 1 aliphatic heterocycles. The molecule has 112 valence electrons. The van der Waals surface area contributed by atoms with Crippen molar-refractivity contribution in [2.75, 3.05) is 22.6 Å². The molecule has 1 saturated heterocycles. The van der Waals surface area contributed by atoms with Crippen LogP contribution in [0.25, 0.3) is 0 Å². The van der Waals surface area contributed by atoms with Crippen molar-refractivity contribution in [1.82, 2.24) is 0 Å². The number of sulfone groups is 1. The van der Waals surface area contributed by atoms with E-state index >= 15 is 0 Å². The van der Waals surface area contributed by atoms with Crippen molar-refractivity contribution in [3.63, 3.8) is 0 Å². The molecule has 1 aromatic carbocycles. The predicted molar refractivity (Wildman–Crippen MR) is 81.9 cm³/mol. The van der Waals surface area contributed by atoms with Crippen molar-refractivity contribution >= 4 is 21.2 Å². The third kappa shape index (κ3) is 3.56. The summed E-state index contributed by atoms with van der Waals surface area (Å²) in [5.41, 5.74) is 6.85. The molecule has 0 spiro atoms. The van der Waals surface area contributed by atoms with Gasteiger partial charge in [0.2, 0.25) is 0 Å². The minimum absolute atomic E-state index is 0.0370. The van der Waals surface area contributed by atoms with Crippen LogP contribution in [0.2, 0.25) is 0 Å². The summed E-state index contributed by atoms with van der Waals surface area (Å²) in [5, 5.41) is 3.30. The van der Waals surface area contributed by atoms with Gasteiger partial charge < -0.3 is 15.8 Å². The summed E-state index contributed by atoms with van der Waals surface area (Å²) < 4.78 is 28.9. The van der Waals surface area contributed by atoms with Crippen molar-refractivity contribution in [3.05, 3.63) is 18.2 Å². The fourth-order valence-corrected chi connectivity index (χ4v) is 4.52.